The molecule has 0 spiro atoms. The lowest BCUT2D eigenvalue weighted by Crippen LogP contribution is -2.29. The van der Waals surface area contributed by atoms with Crippen molar-refractivity contribution in [2.24, 2.45) is 12.8 Å². The summed E-state index contributed by atoms with van der Waals surface area (Å²) in [5.74, 6) is -0.605. The van der Waals surface area contributed by atoms with Crippen molar-refractivity contribution < 1.29 is 4.79 Å². The Morgan fingerprint density at radius 1 is 1.32 bits per heavy atom. The van der Waals surface area contributed by atoms with Gasteiger partial charge in [0.05, 0.1) is 11.4 Å². The van der Waals surface area contributed by atoms with E-state index in [1.54, 1.807) is 10.7 Å². The predicted molar refractivity (Wildman–Crippen MR) is 69.4 cm³/mol. The average molecular weight is 261 g/mol. The summed E-state index contributed by atoms with van der Waals surface area (Å²) >= 11 is 0. The molecule has 2 heterocycles. The second-order valence-electron chi connectivity index (χ2n) is 4.35. The van der Waals surface area contributed by atoms with Crippen LogP contribution in [0.25, 0.3) is 11.3 Å². The van der Waals surface area contributed by atoms with E-state index in [0.717, 1.165) is 21.6 Å². The van der Waals surface area contributed by atoms with Crippen LogP contribution in [0.4, 0.5) is 0 Å². The minimum atomic E-state index is -0.605. The molecular weight excluding hydrogens is 246 g/mol. The Hall–Kier alpha value is -2.44. The third-order valence-electron chi connectivity index (χ3n) is 2.94. The molecule has 0 saturated heterocycles. The van der Waals surface area contributed by atoms with Crippen LogP contribution in [0.5, 0.6) is 0 Å². The average Bonchev–Trinajstić information content (AvgIpc) is 2.56. The molecule has 7 nitrogen and oxygen atoms in total. The Morgan fingerprint density at radius 3 is 2.53 bits per heavy atom. The van der Waals surface area contributed by atoms with Gasteiger partial charge in [-0.05, 0) is 19.9 Å². The Balaban J connectivity index is 2.57. The second kappa shape index (κ2) is 4.68. The van der Waals surface area contributed by atoms with Gasteiger partial charge in [-0.25, -0.2) is 4.68 Å². The van der Waals surface area contributed by atoms with Gasteiger partial charge in [0.15, 0.2) is 0 Å². The molecule has 7 heteroatoms. The van der Waals surface area contributed by atoms with Crippen LogP contribution in [-0.4, -0.2) is 25.5 Å². The fraction of sp³-hybridized carbons (Fsp3) is 0.333. The van der Waals surface area contributed by atoms with Crippen molar-refractivity contribution in [2.75, 3.05) is 0 Å². The lowest BCUT2D eigenvalue weighted by Gasteiger charge is -2.05. The van der Waals surface area contributed by atoms with Gasteiger partial charge in [-0.3, -0.25) is 14.3 Å². The zero-order valence-corrected chi connectivity index (χ0v) is 11.0. The highest BCUT2D eigenvalue weighted by Crippen LogP contribution is 2.23. The van der Waals surface area contributed by atoms with Crippen LogP contribution in [-0.2, 0) is 18.4 Å². The van der Waals surface area contributed by atoms with Crippen molar-refractivity contribution in [2.45, 2.75) is 20.4 Å². The number of carbonyl (C=O) groups is 1. The molecule has 2 N–H and O–H groups in total. The standard InChI is InChI=1S/C12H15N5O2/c1-7-12(8(2)16(3)14-7)9-4-5-11(19)17(15-9)6-10(13)18/h4-5H,6H2,1-3H3,(H2,13,18). The van der Waals surface area contributed by atoms with Crippen molar-refractivity contribution >= 4 is 5.91 Å². The van der Waals surface area contributed by atoms with E-state index in [4.69, 9.17) is 5.73 Å². The smallest absolute Gasteiger partial charge is 0.267 e. The third kappa shape index (κ3) is 2.40. The summed E-state index contributed by atoms with van der Waals surface area (Å²) in [6, 6.07) is 2.99. The molecule has 0 aliphatic carbocycles. The summed E-state index contributed by atoms with van der Waals surface area (Å²) in [5, 5.41) is 8.47. The maximum Gasteiger partial charge on any atom is 0.267 e. The normalized spacial score (nSPS) is 10.7. The molecule has 1 amide bonds. The molecule has 2 aromatic heterocycles. The van der Waals surface area contributed by atoms with Crippen LogP contribution in [0.2, 0.25) is 0 Å². The summed E-state index contributed by atoms with van der Waals surface area (Å²) in [4.78, 5) is 22.5. The molecule has 0 atom stereocenters. The van der Waals surface area contributed by atoms with Crippen LogP contribution in [0.15, 0.2) is 16.9 Å². The summed E-state index contributed by atoms with van der Waals surface area (Å²) in [5.41, 5.74) is 7.95. The number of hydrogen-bond acceptors (Lipinski definition) is 4. The van der Waals surface area contributed by atoms with E-state index in [9.17, 15) is 9.59 Å². The lowest BCUT2D eigenvalue weighted by atomic mass is 10.1. The quantitative estimate of drug-likeness (QED) is 0.823. The second-order valence-corrected chi connectivity index (χ2v) is 4.35. The first-order valence-electron chi connectivity index (χ1n) is 5.77. The number of nitrogens with zero attached hydrogens (tertiary/aromatic N) is 4. The van der Waals surface area contributed by atoms with Crippen molar-refractivity contribution in [1.82, 2.24) is 19.6 Å². The molecule has 0 aliphatic heterocycles. The van der Waals surface area contributed by atoms with E-state index in [1.165, 1.54) is 6.07 Å². The Kier molecular flexibility index (Phi) is 3.20. The van der Waals surface area contributed by atoms with Gasteiger partial charge in [-0.2, -0.15) is 10.2 Å². The molecule has 0 aromatic carbocycles. The van der Waals surface area contributed by atoms with Gasteiger partial charge in [-0.1, -0.05) is 0 Å². The molecule has 2 aromatic rings. The van der Waals surface area contributed by atoms with Crippen LogP contribution in [0, 0.1) is 13.8 Å². The first-order valence-corrected chi connectivity index (χ1v) is 5.77. The Bertz CT molecular complexity index is 699. The number of hydrogen-bond donors (Lipinski definition) is 1. The van der Waals surface area contributed by atoms with Crippen LogP contribution >= 0.6 is 0 Å². The predicted octanol–water partition coefficient (Wildman–Crippen LogP) is -0.254. The largest absolute Gasteiger partial charge is 0.368 e. The van der Waals surface area contributed by atoms with Gasteiger partial charge in [0.25, 0.3) is 5.56 Å². The molecule has 0 bridgehead atoms. The summed E-state index contributed by atoms with van der Waals surface area (Å²) in [6.45, 7) is 3.55. The minimum absolute atomic E-state index is 0.231. The van der Waals surface area contributed by atoms with E-state index in [0.29, 0.717) is 5.69 Å². The first kappa shape index (κ1) is 13.0. The molecule has 0 saturated carbocycles. The van der Waals surface area contributed by atoms with Crippen LogP contribution in [0.3, 0.4) is 0 Å². The number of nitrogens with two attached hydrogens (primary N) is 1. The van der Waals surface area contributed by atoms with E-state index in [1.807, 2.05) is 20.9 Å². The highest BCUT2D eigenvalue weighted by atomic mass is 16.2. The Labute approximate surface area is 109 Å². The van der Waals surface area contributed by atoms with E-state index < -0.39 is 5.91 Å². The molecule has 0 aliphatic rings. The highest BCUT2D eigenvalue weighted by Gasteiger charge is 2.14. The van der Waals surface area contributed by atoms with Gasteiger partial charge >= 0.3 is 0 Å². The van der Waals surface area contributed by atoms with E-state index >= 15 is 0 Å². The molecule has 19 heavy (non-hydrogen) atoms. The number of aromatic nitrogens is 4. The SMILES string of the molecule is Cc1nn(C)c(C)c1-c1ccc(=O)n(CC(N)=O)n1. The monoisotopic (exact) mass is 261 g/mol. The van der Waals surface area contributed by atoms with Gasteiger partial charge in [0.2, 0.25) is 5.91 Å². The highest BCUT2D eigenvalue weighted by molar-refractivity contribution is 5.73. The molecule has 2 rings (SSSR count). The Morgan fingerprint density at radius 2 is 2.00 bits per heavy atom. The summed E-state index contributed by atoms with van der Waals surface area (Å²) in [6.07, 6.45) is 0. The van der Waals surface area contributed by atoms with Gasteiger partial charge in [-0.15, -0.1) is 0 Å². The summed E-state index contributed by atoms with van der Waals surface area (Å²) < 4.78 is 2.80. The third-order valence-corrected chi connectivity index (χ3v) is 2.94. The van der Waals surface area contributed by atoms with Gasteiger partial charge in [0.1, 0.15) is 6.54 Å². The minimum Gasteiger partial charge on any atom is -0.368 e. The van der Waals surface area contributed by atoms with Gasteiger partial charge < -0.3 is 5.73 Å². The fourth-order valence-corrected chi connectivity index (χ4v) is 1.99. The maximum absolute atomic E-state index is 11.6. The van der Waals surface area contributed by atoms with Crippen molar-refractivity contribution in [3.63, 3.8) is 0 Å². The molecule has 0 radical (unpaired) electrons. The number of aryl methyl sites for hydroxylation is 2. The van der Waals surface area contributed by atoms with Crippen LogP contribution in [0.1, 0.15) is 11.4 Å². The zero-order chi connectivity index (χ0) is 14.2. The summed E-state index contributed by atoms with van der Waals surface area (Å²) in [7, 11) is 1.84. The number of carbonyl (C=O) groups excluding carboxylic acids is 1. The number of primary amides is 1. The number of rotatable bonds is 3. The van der Waals surface area contributed by atoms with Crippen molar-refractivity contribution in [3.8, 4) is 11.3 Å². The molecular formula is C12H15N5O2. The molecule has 0 fully saturated rings. The van der Waals surface area contributed by atoms with E-state index in [-0.39, 0.29) is 12.1 Å². The van der Waals surface area contributed by atoms with E-state index in [2.05, 4.69) is 10.2 Å². The van der Waals surface area contributed by atoms with Crippen LogP contribution < -0.4 is 11.3 Å². The van der Waals surface area contributed by atoms with Gasteiger partial charge in [0, 0.05) is 24.4 Å². The molecule has 0 unspecified atom stereocenters. The van der Waals surface area contributed by atoms with Crippen molar-refractivity contribution in [1.29, 1.82) is 0 Å². The van der Waals surface area contributed by atoms with Crippen molar-refractivity contribution in [3.05, 3.63) is 33.9 Å². The fourth-order valence-electron chi connectivity index (χ4n) is 1.99. The molecule has 100 valence electrons. The topological polar surface area (TPSA) is 95.8 Å². The number of amides is 1. The zero-order valence-electron chi connectivity index (χ0n) is 11.0. The first-order chi connectivity index (χ1) is 8.90. The lowest BCUT2D eigenvalue weighted by molar-refractivity contribution is -0.118. The maximum atomic E-state index is 11.6.